The van der Waals surface area contributed by atoms with E-state index in [0.717, 1.165) is 17.7 Å². The molecule has 0 aromatic heterocycles. The van der Waals surface area contributed by atoms with Crippen LogP contribution in [0.3, 0.4) is 0 Å². The fourth-order valence-electron chi connectivity index (χ4n) is 2.29. The van der Waals surface area contributed by atoms with E-state index in [-0.39, 0.29) is 23.5 Å². The molecule has 2 N–H and O–H groups in total. The van der Waals surface area contributed by atoms with Gasteiger partial charge in [0.2, 0.25) is 10.0 Å². The smallest absolute Gasteiger partial charge is 0.380 e. The van der Waals surface area contributed by atoms with Gasteiger partial charge in [-0.15, -0.1) is 0 Å². The van der Waals surface area contributed by atoms with Gasteiger partial charge in [0.05, 0.1) is 22.6 Å². The van der Waals surface area contributed by atoms with Gasteiger partial charge in [0, 0.05) is 6.54 Å². The summed E-state index contributed by atoms with van der Waals surface area (Å²) in [4.78, 5) is 0. The lowest BCUT2D eigenvalue weighted by atomic mass is 10.1. The molecule has 0 unspecified atom stereocenters. The van der Waals surface area contributed by atoms with Crippen molar-refractivity contribution in [3.05, 3.63) is 64.7 Å². The van der Waals surface area contributed by atoms with Crippen LogP contribution in [0.5, 0.6) is 0 Å². The minimum Gasteiger partial charge on any atom is -0.380 e. The van der Waals surface area contributed by atoms with Gasteiger partial charge in [-0.25, -0.2) is 13.1 Å². The highest BCUT2D eigenvalue weighted by molar-refractivity contribution is 7.88. The standard InChI is InChI=1S/C17H16F3N3O2S/c1-22-26(24,25)11-13-4-2-3-12(7-13)10-23-16-6-5-15(17(18,19)20)8-14(16)9-21/h2-8,22-23H,10-11H2,1H3. The van der Waals surface area contributed by atoms with E-state index in [2.05, 4.69) is 10.0 Å². The number of halogens is 3. The lowest BCUT2D eigenvalue weighted by Gasteiger charge is -2.12. The molecule has 138 valence electrons. The first-order chi connectivity index (χ1) is 12.1. The fourth-order valence-corrected chi connectivity index (χ4v) is 3.05. The van der Waals surface area contributed by atoms with Crippen molar-refractivity contribution in [2.24, 2.45) is 0 Å². The molecule has 0 bridgehead atoms. The van der Waals surface area contributed by atoms with E-state index in [1.54, 1.807) is 30.3 Å². The van der Waals surface area contributed by atoms with Crippen LogP contribution in [0.25, 0.3) is 0 Å². The summed E-state index contributed by atoms with van der Waals surface area (Å²) < 4.78 is 63.6. The van der Waals surface area contributed by atoms with E-state index < -0.39 is 21.8 Å². The van der Waals surface area contributed by atoms with Crippen molar-refractivity contribution in [3.63, 3.8) is 0 Å². The van der Waals surface area contributed by atoms with Crippen LogP contribution in [-0.4, -0.2) is 15.5 Å². The Hall–Kier alpha value is -2.57. The van der Waals surface area contributed by atoms with E-state index in [0.29, 0.717) is 5.56 Å². The van der Waals surface area contributed by atoms with Crippen LogP contribution < -0.4 is 10.0 Å². The number of hydrogen-bond acceptors (Lipinski definition) is 4. The number of nitrogens with zero attached hydrogens (tertiary/aromatic N) is 1. The molecule has 2 aromatic rings. The van der Waals surface area contributed by atoms with Crippen LogP contribution >= 0.6 is 0 Å². The molecule has 0 amide bonds. The summed E-state index contributed by atoms with van der Waals surface area (Å²) >= 11 is 0. The Balaban J connectivity index is 2.16. The Bertz CT molecular complexity index is 935. The Morgan fingerprint density at radius 3 is 2.42 bits per heavy atom. The number of hydrogen-bond donors (Lipinski definition) is 2. The molecule has 0 aliphatic heterocycles. The average molecular weight is 383 g/mol. The lowest BCUT2D eigenvalue weighted by Crippen LogP contribution is -2.20. The molecule has 0 radical (unpaired) electrons. The summed E-state index contributed by atoms with van der Waals surface area (Å²) in [5.74, 6) is -0.179. The summed E-state index contributed by atoms with van der Waals surface area (Å²) in [7, 11) is -2.08. The van der Waals surface area contributed by atoms with E-state index in [4.69, 9.17) is 5.26 Å². The second-order valence-corrected chi connectivity index (χ2v) is 7.43. The van der Waals surface area contributed by atoms with Crippen LogP contribution in [0.15, 0.2) is 42.5 Å². The molecule has 0 aliphatic rings. The normalized spacial score (nSPS) is 11.8. The first kappa shape index (κ1) is 19.8. The highest BCUT2D eigenvalue weighted by Crippen LogP contribution is 2.31. The molecule has 9 heteroatoms. The number of benzene rings is 2. The molecule has 26 heavy (non-hydrogen) atoms. The number of nitriles is 1. The molecule has 0 saturated heterocycles. The molecule has 0 heterocycles. The molecule has 0 aliphatic carbocycles. The molecule has 0 spiro atoms. The largest absolute Gasteiger partial charge is 0.416 e. The molecule has 0 saturated carbocycles. The highest BCUT2D eigenvalue weighted by Gasteiger charge is 2.31. The third-order valence-corrected chi connectivity index (χ3v) is 4.94. The molecule has 2 aromatic carbocycles. The quantitative estimate of drug-likeness (QED) is 0.802. The maximum absolute atomic E-state index is 12.7. The number of alkyl halides is 3. The van der Waals surface area contributed by atoms with Crippen molar-refractivity contribution in [1.82, 2.24) is 4.72 Å². The third kappa shape index (κ3) is 5.21. The fraction of sp³-hybridized carbons (Fsp3) is 0.235. The topological polar surface area (TPSA) is 82.0 Å². The molecular formula is C17H16F3N3O2S. The summed E-state index contributed by atoms with van der Waals surface area (Å²) in [5, 5.41) is 12.0. The number of rotatable bonds is 6. The Labute approximate surface area is 149 Å². The Morgan fingerprint density at radius 2 is 1.81 bits per heavy atom. The zero-order valence-electron chi connectivity index (χ0n) is 13.8. The first-order valence-corrected chi connectivity index (χ1v) is 9.14. The van der Waals surface area contributed by atoms with Crippen LogP contribution in [0.2, 0.25) is 0 Å². The van der Waals surface area contributed by atoms with Crippen molar-refractivity contribution in [1.29, 1.82) is 5.26 Å². The average Bonchev–Trinajstić information content (AvgIpc) is 2.59. The van der Waals surface area contributed by atoms with Gasteiger partial charge in [0.15, 0.2) is 0 Å². The van der Waals surface area contributed by atoms with Crippen LogP contribution in [0, 0.1) is 11.3 Å². The van der Waals surface area contributed by atoms with Crippen LogP contribution in [-0.2, 0) is 28.5 Å². The van der Waals surface area contributed by atoms with Gasteiger partial charge in [0.25, 0.3) is 0 Å². The van der Waals surface area contributed by atoms with Crippen molar-refractivity contribution >= 4 is 15.7 Å². The molecule has 0 atom stereocenters. The first-order valence-electron chi connectivity index (χ1n) is 7.49. The number of nitrogens with one attached hydrogen (secondary N) is 2. The SMILES string of the molecule is CNS(=O)(=O)Cc1cccc(CNc2ccc(C(F)(F)F)cc2C#N)c1. The molecule has 5 nitrogen and oxygen atoms in total. The van der Waals surface area contributed by atoms with Gasteiger partial charge in [-0.2, -0.15) is 18.4 Å². The van der Waals surface area contributed by atoms with E-state index in [9.17, 15) is 21.6 Å². The minimum atomic E-state index is -4.52. The second kappa shape index (κ2) is 7.76. The van der Waals surface area contributed by atoms with Crippen LogP contribution in [0.1, 0.15) is 22.3 Å². The monoisotopic (exact) mass is 383 g/mol. The van der Waals surface area contributed by atoms with Crippen molar-refractivity contribution in [3.8, 4) is 6.07 Å². The summed E-state index contributed by atoms with van der Waals surface area (Å²) in [6.07, 6.45) is -4.52. The number of anilines is 1. The summed E-state index contributed by atoms with van der Waals surface area (Å²) in [5.41, 5.74) is 0.575. The Morgan fingerprint density at radius 1 is 1.12 bits per heavy atom. The lowest BCUT2D eigenvalue weighted by molar-refractivity contribution is -0.137. The molecule has 0 fully saturated rings. The van der Waals surface area contributed by atoms with Gasteiger partial charge >= 0.3 is 6.18 Å². The maximum Gasteiger partial charge on any atom is 0.416 e. The van der Waals surface area contributed by atoms with Crippen molar-refractivity contribution < 1.29 is 21.6 Å². The van der Waals surface area contributed by atoms with Gasteiger partial charge in [-0.3, -0.25) is 0 Å². The van der Waals surface area contributed by atoms with Gasteiger partial charge in [-0.05, 0) is 36.4 Å². The van der Waals surface area contributed by atoms with E-state index >= 15 is 0 Å². The van der Waals surface area contributed by atoms with E-state index in [1.165, 1.54) is 13.1 Å². The number of sulfonamides is 1. The zero-order valence-corrected chi connectivity index (χ0v) is 14.6. The van der Waals surface area contributed by atoms with Crippen molar-refractivity contribution in [2.75, 3.05) is 12.4 Å². The molecule has 2 rings (SSSR count). The van der Waals surface area contributed by atoms with Gasteiger partial charge in [0.1, 0.15) is 6.07 Å². The maximum atomic E-state index is 12.7. The second-order valence-electron chi connectivity index (χ2n) is 5.51. The van der Waals surface area contributed by atoms with Crippen LogP contribution in [0.4, 0.5) is 18.9 Å². The summed E-state index contributed by atoms with van der Waals surface area (Å²) in [6, 6.07) is 11.4. The summed E-state index contributed by atoms with van der Waals surface area (Å²) in [6.45, 7) is 0.230. The van der Waals surface area contributed by atoms with Gasteiger partial charge < -0.3 is 5.32 Å². The van der Waals surface area contributed by atoms with Crippen molar-refractivity contribution in [2.45, 2.75) is 18.5 Å². The minimum absolute atomic E-state index is 0.117. The third-order valence-electron chi connectivity index (χ3n) is 3.61. The molecular weight excluding hydrogens is 367 g/mol. The van der Waals surface area contributed by atoms with Gasteiger partial charge in [-0.1, -0.05) is 24.3 Å². The zero-order chi connectivity index (χ0) is 19.4. The Kier molecular flexibility index (Phi) is 5.90. The predicted molar refractivity (Wildman–Crippen MR) is 91.6 cm³/mol. The van der Waals surface area contributed by atoms with E-state index in [1.807, 2.05) is 0 Å². The predicted octanol–water partition coefficient (Wildman–Crippen LogP) is 3.24. The highest BCUT2D eigenvalue weighted by atomic mass is 32.2.